The number of hydrogen-bond acceptors (Lipinski definition) is 4. The highest BCUT2D eigenvalue weighted by molar-refractivity contribution is 5.42. The summed E-state index contributed by atoms with van der Waals surface area (Å²) < 4.78 is 0. The van der Waals surface area contributed by atoms with Gasteiger partial charge in [-0.25, -0.2) is 0 Å². The molecule has 3 saturated heterocycles. The fraction of sp³-hybridized carbons (Fsp3) is 0.778. The van der Waals surface area contributed by atoms with Gasteiger partial charge in [0, 0.05) is 36.1 Å². The first-order valence-corrected chi connectivity index (χ1v) is 8.54. The van der Waals surface area contributed by atoms with Crippen LogP contribution >= 0.6 is 0 Å². The number of piperidine rings is 2. The lowest BCUT2D eigenvalue weighted by Gasteiger charge is -2.56. The summed E-state index contributed by atoms with van der Waals surface area (Å²) in [7, 11) is 0. The molecule has 0 N–H and O–H groups in total. The standard InChI is InChI=1S/C18H30N4/c1-17(2,3)15-9-10-16(20-19-15)21-11-14-8-7-13(21)12-22(14)18(4,5)6/h9-10,13-14H,7-8,11-12H2,1-6H3. The van der Waals surface area contributed by atoms with Crippen LogP contribution in [0.15, 0.2) is 12.1 Å². The molecule has 0 amide bonds. The Morgan fingerprint density at radius 3 is 2.05 bits per heavy atom. The van der Waals surface area contributed by atoms with Crippen molar-refractivity contribution in [1.82, 2.24) is 15.1 Å². The third-order valence-corrected chi connectivity index (χ3v) is 5.10. The van der Waals surface area contributed by atoms with Crippen LogP contribution in [0.4, 0.5) is 5.82 Å². The van der Waals surface area contributed by atoms with Gasteiger partial charge in [-0.15, -0.1) is 5.10 Å². The first-order valence-electron chi connectivity index (χ1n) is 8.54. The van der Waals surface area contributed by atoms with E-state index in [9.17, 15) is 0 Å². The minimum Gasteiger partial charge on any atom is -0.349 e. The number of hydrogen-bond donors (Lipinski definition) is 0. The van der Waals surface area contributed by atoms with Crippen LogP contribution in [0, 0.1) is 0 Å². The topological polar surface area (TPSA) is 32.3 Å². The molecular formula is C18H30N4. The van der Waals surface area contributed by atoms with E-state index in [1.54, 1.807) is 0 Å². The molecule has 0 spiro atoms. The lowest BCUT2D eigenvalue weighted by Crippen LogP contribution is -2.67. The molecular weight excluding hydrogens is 272 g/mol. The van der Waals surface area contributed by atoms with E-state index in [1.807, 2.05) is 0 Å². The van der Waals surface area contributed by atoms with Crippen molar-refractivity contribution in [3.05, 3.63) is 17.8 Å². The molecule has 2 atom stereocenters. The van der Waals surface area contributed by atoms with Gasteiger partial charge in [-0.1, -0.05) is 20.8 Å². The van der Waals surface area contributed by atoms with Crippen LogP contribution in [0.2, 0.25) is 0 Å². The second kappa shape index (κ2) is 5.19. The lowest BCUT2D eigenvalue weighted by molar-refractivity contribution is 0.0179. The molecule has 0 radical (unpaired) electrons. The van der Waals surface area contributed by atoms with Gasteiger partial charge >= 0.3 is 0 Å². The zero-order valence-electron chi connectivity index (χ0n) is 14.9. The number of nitrogens with zero attached hydrogens (tertiary/aromatic N) is 4. The van der Waals surface area contributed by atoms with Crippen molar-refractivity contribution in [2.24, 2.45) is 0 Å². The maximum Gasteiger partial charge on any atom is 0.151 e. The van der Waals surface area contributed by atoms with E-state index < -0.39 is 0 Å². The maximum atomic E-state index is 4.53. The van der Waals surface area contributed by atoms with Crippen LogP contribution in [0.25, 0.3) is 0 Å². The van der Waals surface area contributed by atoms with E-state index in [-0.39, 0.29) is 11.0 Å². The van der Waals surface area contributed by atoms with Crippen LogP contribution in [-0.2, 0) is 5.41 Å². The Kier molecular flexibility index (Phi) is 3.71. The summed E-state index contributed by atoms with van der Waals surface area (Å²) in [6.45, 7) is 15.8. The normalized spacial score (nSPS) is 26.5. The molecule has 4 rings (SSSR count). The Hall–Kier alpha value is -1.16. The number of fused-ring (bicyclic) bond motifs is 3. The van der Waals surface area contributed by atoms with Gasteiger partial charge in [0.25, 0.3) is 0 Å². The van der Waals surface area contributed by atoms with E-state index in [4.69, 9.17) is 0 Å². The summed E-state index contributed by atoms with van der Waals surface area (Å²) in [6, 6.07) is 5.54. The number of aromatic nitrogens is 2. The molecule has 0 saturated carbocycles. The van der Waals surface area contributed by atoms with Gasteiger partial charge in [0.1, 0.15) is 0 Å². The average molecular weight is 302 g/mol. The van der Waals surface area contributed by atoms with Crippen LogP contribution in [0.1, 0.15) is 60.1 Å². The molecule has 4 nitrogen and oxygen atoms in total. The van der Waals surface area contributed by atoms with Crippen molar-refractivity contribution >= 4 is 5.82 Å². The summed E-state index contributed by atoms with van der Waals surface area (Å²) in [4.78, 5) is 5.16. The predicted octanol–water partition coefficient (Wildman–Crippen LogP) is 3.23. The predicted molar refractivity (Wildman–Crippen MR) is 91.3 cm³/mol. The zero-order chi connectivity index (χ0) is 16.1. The maximum absolute atomic E-state index is 4.53. The summed E-state index contributed by atoms with van der Waals surface area (Å²) in [6.07, 6.45) is 2.59. The van der Waals surface area contributed by atoms with Crippen molar-refractivity contribution in [1.29, 1.82) is 0 Å². The van der Waals surface area contributed by atoms with Gasteiger partial charge in [-0.2, -0.15) is 5.10 Å². The molecule has 2 unspecified atom stereocenters. The van der Waals surface area contributed by atoms with E-state index in [0.717, 1.165) is 24.6 Å². The first kappa shape index (κ1) is 15.7. The fourth-order valence-corrected chi connectivity index (χ4v) is 3.81. The molecule has 122 valence electrons. The van der Waals surface area contributed by atoms with Gasteiger partial charge in [-0.3, -0.25) is 4.90 Å². The molecule has 3 aliphatic rings. The monoisotopic (exact) mass is 302 g/mol. The molecule has 22 heavy (non-hydrogen) atoms. The molecule has 3 aliphatic heterocycles. The van der Waals surface area contributed by atoms with E-state index in [0.29, 0.717) is 12.1 Å². The van der Waals surface area contributed by atoms with Crippen LogP contribution in [-0.4, -0.2) is 45.8 Å². The number of anilines is 1. The number of piperazine rings is 1. The second-order valence-corrected chi connectivity index (χ2v) is 8.89. The largest absolute Gasteiger partial charge is 0.349 e. The Morgan fingerprint density at radius 2 is 1.59 bits per heavy atom. The van der Waals surface area contributed by atoms with Crippen LogP contribution in [0.3, 0.4) is 0 Å². The highest BCUT2D eigenvalue weighted by Crippen LogP contribution is 2.35. The zero-order valence-corrected chi connectivity index (χ0v) is 14.9. The molecule has 1 aromatic rings. The lowest BCUT2D eigenvalue weighted by atomic mass is 9.86. The van der Waals surface area contributed by atoms with Crippen molar-refractivity contribution in [3.8, 4) is 0 Å². The minimum absolute atomic E-state index is 0.0649. The van der Waals surface area contributed by atoms with Crippen molar-refractivity contribution in [3.63, 3.8) is 0 Å². The molecule has 4 heteroatoms. The molecule has 0 aromatic carbocycles. The Bertz CT molecular complexity index is 524. The van der Waals surface area contributed by atoms with Gasteiger partial charge in [-0.05, 0) is 45.7 Å². The second-order valence-electron chi connectivity index (χ2n) is 8.89. The van der Waals surface area contributed by atoms with E-state index in [2.05, 4.69) is 73.7 Å². The summed E-state index contributed by atoms with van der Waals surface area (Å²) in [5, 5.41) is 9.00. The van der Waals surface area contributed by atoms with Gasteiger partial charge < -0.3 is 4.90 Å². The highest BCUT2D eigenvalue weighted by Gasteiger charge is 2.43. The van der Waals surface area contributed by atoms with Crippen molar-refractivity contribution < 1.29 is 0 Å². The smallest absolute Gasteiger partial charge is 0.151 e. The SMILES string of the molecule is CC(C)(C)c1ccc(N2CC3CCC2CN3C(C)(C)C)nn1. The molecule has 0 aliphatic carbocycles. The quantitative estimate of drug-likeness (QED) is 0.797. The third kappa shape index (κ3) is 2.85. The van der Waals surface area contributed by atoms with E-state index >= 15 is 0 Å². The number of rotatable bonds is 1. The van der Waals surface area contributed by atoms with Crippen LogP contribution in [0.5, 0.6) is 0 Å². The van der Waals surface area contributed by atoms with Gasteiger partial charge in [0.2, 0.25) is 0 Å². The highest BCUT2D eigenvalue weighted by atomic mass is 15.4. The Labute approximate surface area is 134 Å². The van der Waals surface area contributed by atoms with Crippen molar-refractivity contribution in [2.75, 3.05) is 18.0 Å². The summed E-state index contributed by atoms with van der Waals surface area (Å²) in [5.74, 6) is 1.05. The minimum atomic E-state index is 0.0649. The van der Waals surface area contributed by atoms with E-state index in [1.165, 1.54) is 12.8 Å². The van der Waals surface area contributed by atoms with Gasteiger partial charge in [0.15, 0.2) is 5.82 Å². The fourth-order valence-electron chi connectivity index (χ4n) is 3.81. The Balaban J connectivity index is 1.78. The van der Waals surface area contributed by atoms with Gasteiger partial charge in [0.05, 0.1) is 5.69 Å². The Morgan fingerprint density at radius 1 is 0.909 bits per heavy atom. The summed E-state index contributed by atoms with van der Waals surface area (Å²) >= 11 is 0. The molecule has 4 heterocycles. The summed E-state index contributed by atoms with van der Waals surface area (Å²) in [5.41, 5.74) is 1.39. The molecule has 2 bridgehead atoms. The van der Waals surface area contributed by atoms with Crippen LogP contribution < -0.4 is 4.90 Å². The molecule has 3 fully saturated rings. The first-order chi connectivity index (χ1) is 10.2. The third-order valence-electron chi connectivity index (χ3n) is 5.10. The van der Waals surface area contributed by atoms with Crippen molar-refractivity contribution in [2.45, 2.75) is 77.4 Å². The molecule has 1 aromatic heterocycles. The average Bonchev–Trinajstić information content (AvgIpc) is 2.46.